The second kappa shape index (κ2) is 5.48. The highest BCUT2D eigenvalue weighted by Gasteiger charge is 2.32. The van der Waals surface area contributed by atoms with Gasteiger partial charge in [-0.2, -0.15) is 0 Å². The normalized spacial score (nSPS) is 24.8. The number of halogens is 1. The van der Waals surface area contributed by atoms with E-state index in [1.807, 2.05) is 13.1 Å². The summed E-state index contributed by atoms with van der Waals surface area (Å²) >= 11 is 0. The van der Waals surface area contributed by atoms with Gasteiger partial charge in [0.25, 0.3) is 0 Å². The summed E-state index contributed by atoms with van der Waals surface area (Å²) in [6.45, 7) is 0.777. The molecule has 0 N–H and O–H groups in total. The number of hydrogen-bond donors (Lipinski definition) is 0. The predicted molar refractivity (Wildman–Crippen MR) is 66.5 cm³/mol. The maximum Gasteiger partial charge on any atom is 0.308 e. The molecule has 1 heterocycles. The monoisotopic (exact) mass is 251 g/mol. The first-order chi connectivity index (χ1) is 8.63. The Balaban J connectivity index is 2.20. The van der Waals surface area contributed by atoms with E-state index in [2.05, 4.69) is 4.90 Å². The Labute approximate surface area is 107 Å². The third-order valence-corrected chi connectivity index (χ3v) is 3.67. The molecule has 1 fully saturated rings. The molecule has 3 nitrogen and oxygen atoms in total. The van der Waals surface area contributed by atoms with Gasteiger partial charge in [0.15, 0.2) is 0 Å². The lowest BCUT2D eigenvalue weighted by molar-refractivity contribution is -0.147. The third-order valence-electron chi connectivity index (χ3n) is 3.67. The molecule has 4 heteroatoms. The molecular weight excluding hydrogens is 233 g/mol. The van der Waals surface area contributed by atoms with Gasteiger partial charge in [-0.15, -0.1) is 0 Å². The van der Waals surface area contributed by atoms with Crippen molar-refractivity contribution in [2.45, 2.75) is 18.9 Å². The van der Waals surface area contributed by atoms with Gasteiger partial charge in [-0.3, -0.25) is 9.69 Å². The number of esters is 1. The Kier molecular flexibility index (Phi) is 3.97. The van der Waals surface area contributed by atoms with Gasteiger partial charge in [-0.25, -0.2) is 4.39 Å². The second-order valence-corrected chi connectivity index (χ2v) is 4.76. The molecule has 0 aromatic heterocycles. The number of carbonyl (C=O) groups is 1. The van der Waals surface area contributed by atoms with E-state index in [4.69, 9.17) is 4.74 Å². The van der Waals surface area contributed by atoms with Crippen LogP contribution in [0.15, 0.2) is 24.3 Å². The number of methoxy groups -OCH3 is 1. The van der Waals surface area contributed by atoms with Crippen LogP contribution in [-0.2, 0) is 9.53 Å². The van der Waals surface area contributed by atoms with Crippen LogP contribution in [0.2, 0.25) is 0 Å². The molecule has 1 aliphatic heterocycles. The molecule has 1 saturated heterocycles. The Hall–Kier alpha value is -1.42. The van der Waals surface area contributed by atoms with E-state index in [1.165, 1.54) is 13.2 Å². The Morgan fingerprint density at radius 3 is 2.83 bits per heavy atom. The molecule has 2 atom stereocenters. The summed E-state index contributed by atoms with van der Waals surface area (Å²) < 4.78 is 18.6. The van der Waals surface area contributed by atoms with Crippen molar-refractivity contribution < 1.29 is 13.9 Å². The molecular formula is C14H18FNO2. The molecule has 0 spiro atoms. The second-order valence-electron chi connectivity index (χ2n) is 4.76. The van der Waals surface area contributed by atoms with Crippen LogP contribution in [0.4, 0.5) is 4.39 Å². The standard InChI is InChI=1S/C14H18FNO2/c1-16-8-7-10(14(17)18-2)9-13(16)11-5-3-4-6-12(11)15/h3-6,10,13H,7-9H2,1-2H3. The first-order valence-corrected chi connectivity index (χ1v) is 6.16. The van der Waals surface area contributed by atoms with Crippen molar-refractivity contribution in [2.75, 3.05) is 20.7 Å². The lowest BCUT2D eigenvalue weighted by Crippen LogP contribution is -2.37. The van der Waals surface area contributed by atoms with Crippen LogP contribution < -0.4 is 0 Å². The maximum atomic E-state index is 13.8. The van der Waals surface area contributed by atoms with Gasteiger partial charge < -0.3 is 4.74 Å². The van der Waals surface area contributed by atoms with E-state index in [0.29, 0.717) is 12.0 Å². The zero-order valence-electron chi connectivity index (χ0n) is 10.7. The number of piperidine rings is 1. The third kappa shape index (κ3) is 2.53. The van der Waals surface area contributed by atoms with Crippen LogP contribution in [0.3, 0.4) is 0 Å². The van der Waals surface area contributed by atoms with E-state index >= 15 is 0 Å². The maximum absolute atomic E-state index is 13.8. The number of hydrogen-bond acceptors (Lipinski definition) is 3. The van der Waals surface area contributed by atoms with Crippen LogP contribution in [0, 0.1) is 11.7 Å². The minimum Gasteiger partial charge on any atom is -0.469 e. The number of likely N-dealkylation sites (tertiary alicyclic amines) is 1. The summed E-state index contributed by atoms with van der Waals surface area (Å²) in [6.07, 6.45) is 1.39. The van der Waals surface area contributed by atoms with Gasteiger partial charge in [0.05, 0.1) is 13.0 Å². The Morgan fingerprint density at radius 1 is 1.44 bits per heavy atom. The van der Waals surface area contributed by atoms with Crippen LogP contribution in [0.25, 0.3) is 0 Å². The highest BCUT2D eigenvalue weighted by Crippen LogP contribution is 2.34. The zero-order chi connectivity index (χ0) is 13.1. The van der Waals surface area contributed by atoms with Crippen molar-refractivity contribution in [3.8, 4) is 0 Å². The van der Waals surface area contributed by atoms with Crippen molar-refractivity contribution in [3.05, 3.63) is 35.6 Å². The molecule has 1 aromatic rings. The highest BCUT2D eigenvalue weighted by molar-refractivity contribution is 5.72. The summed E-state index contributed by atoms with van der Waals surface area (Å²) in [7, 11) is 3.36. The molecule has 18 heavy (non-hydrogen) atoms. The lowest BCUT2D eigenvalue weighted by atomic mass is 9.87. The first kappa shape index (κ1) is 13.0. The number of carbonyl (C=O) groups excluding carboxylic acids is 1. The van der Waals surface area contributed by atoms with Gasteiger partial charge in [0, 0.05) is 11.6 Å². The molecule has 0 aliphatic carbocycles. The van der Waals surface area contributed by atoms with Gasteiger partial charge >= 0.3 is 5.97 Å². The quantitative estimate of drug-likeness (QED) is 0.756. The summed E-state index contributed by atoms with van der Waals surface area (Å²) in [6, 6.07) is 6.71. The SMILES string of the molecule is COC(=O)C1CCN(C)C(c2ccccc2F)C1. The number of rotatable bonds is 2. The van der Waals surface area contributed by atoms with Crippen LogP contribution in [-0.4, -0.2) is 31.6 Å². The number of benzene rings is 1. The van der Waals surface area contributed by atoms with Crippen LogP contribution in [0.1, 0.15) is 24.4 Å². The summed E-state index contributed by atoms with van der Waals surface area (Å²) in [5.74, 6) is -0.528. The van der Waals surface area contributed by atoms with Crippen molar-refractivity contribution in [1.82, 2.24) is 4.90 Å². The molecule has 2 rings (SSSR count). The molecule has 0 radical (unpaired) electrons. The van der Waals surface area contributed by atoms with Crippen molar-refractivity contribution in [1.29, 1.82) is 0 Å². The molecule has 1 aromatic carbocycles. The fourth-order valence-corrected chi connectivity index (χ4v) is 2.57. The molecule has 0 saturated carbocycles. The van der Waals surface area contributed by atoms with Gasteiger partial charge in [0.2, 0.25) is 0 Å². The number of ether oxygens (including phenoxy) is 1. The minimum absolute atomic E-state index is 0.0518. The minimum atomic E-state index is -0.208. The average molecular weight is 251 g/mol. The van der Waals surface area contributed by atoms with Crippen molar-refractivity contribution in [3.63, 3.8) is 0 Å². The molecule has 2 unspecified atom stereocenters. The zero-order valence-corrected chi connectivity index (χ0v) is 10.7. The largest absolute Gasteiger partial charge is 0.469 e. The fraction of sp³-hybridized carbons (Fsp3) is 0.500. The average Bonchev–Trinajstić information content (AvgIpc) is 2.39. The predicted octanol–water partition coefficient (Wildman–Crippen LogP) is 2.38. The molecule has 0 bridgehead atoms. The molecule has 98 valence electrons. The van der Waals surface area contributed by atoms with E-state index in [9.17, 15) is 9.18 Å². The lowest BCUT2D eigenvalue weighted by Gasteiger charge is -2.36. The Bertz CT molecular complexity index is 436. The molecule has 0 amide bonds. The topological polar surface area (TPSA) is 29.5 Å². The molecule has 1 aliphatic rings. The van der Waals surface area contributed by atoms with Crippen LogP contribution in [0.5, 0.6) is 0 Å². The van der Waals surface area contributed by atoms with E-state index in [0.717, 1.165) is 13.0 Å². The van der Waals surface area contributed by atoms with Gasteiger partial charge in [-0.05, 0) is 32.5 Å². The smallest absolute Gasteiger partial charge is 0.308 e. The highest BCUT2D eigenvalue weighted by atomic mass is 19.1. The fourth-order valence-electron chi connectivity index (χ4n) is 2.57. The van der Waals surface area contributed by atoms with Gasteiger partial charge in [0.1, 0.15) is 5.82 Å². The van der Waals surface area contributed by atoms with Gasteiger partial charge in [-0.1, -0.05) is 18.2 Å². The van der Waals surface area contributed by atoms with E-state index in [-0.39, 0.29) is 23.7 Å². The number of nitrogens with zero attached hydrogens (tertiary/aromatic N) is 1. The van der Waals surface area contributed by atoms with Crippen molar-refractivity contribution >= 4 is 5.97 Å². The summed E-state index contributed by atoms with van der Waals surface area (Å²) in [5, 5.41) is 0. The van der Waals surface area contributed by atoms with E-state index in [1.54, 1.807) is 12.1 Å². The Morgan fingerprint density at radius 2 is 2.17 bits per heavy atom. The first-order valence-electron chi connectivity index (χ1n) is 6.16. The van der Waals surface area contributed by atoms with Crippen molar-refractivity contribution in [2.24, 2.45) is 5.92 Å². The summed E-state index contributed by atoms with van der Waals surface area (Å²) in [4.78, 5) is 13.7. The summed E-state index contributed by atoms with van der Waals surface area (Å²) in [5.41, 5.74) is 0.661. The van der Waals surface area contributed by atoms with E-state index < -0.39 is 0 Å². The van der Waals surface area contributed by atoms with Crippen LogP contribution >= 0.6 is 0 Å².